The van der Waals surface area contributed by atoms with Crippen LogP contribution in [0.3, 0.4) is 0 Å². The Bertz CT molecular complexity index is 469. The van der Waals surface area contributed by atoms with Crippen LogP contribution in [0, 0.1) is 0 Å². The third-order valence-corrected chi connectivity index (χ3v) is 6.07. The molecule has 0 bridgehead atoms. The van der Waals surface area contributed by atoms with E-state index in [2.05, 4.69) is 58.3 Å². The molecule has 0 saturated heterocycles. The molecule has 0 aliphatic heterocycles. The molecule has 0 aliphatic carbocycles. The Hall–Kier alpha value is -0.591. The van der Waals surface area contributed by atoms with Crippen molar-refractivity contribution in [1.29, 1.82) is 0 Å². The van der Waals surface area contributed by atoms with E-state index >= 15 is 0 Å². The zero-order chi connectivity index (χ0) is 20.1. The second-order valence-electron chi connectivity index (χ2n) is 8.24. The summed E-state index contributed by atoms with van der Waals surface area (Å²) in [4.78, 5) is 4.68. The van der Waals surface area contributed by atoms with Gasteiger partial charge in [-0.1, -0.05) is 51.9 Å². The van der Waals surface area contributed by atoms with Gasteiger partial charge in [0.25, 0.3) is 0 Å². The van der Waals surface area contributed by atoms with Gasteiger partial charge in [-0.25, -0.2) is 0 Å². The number of nitrogens with zero attached hydrogens (tertiary/aromatic N) is 1. The molecule has 0 N–H and O–H groups in total. The summed E-state index contributed by atoms with van der Waals surface area (Å²) in [5, 5.41) is 0. The minimum absolute atomic E-state index is 0.944. The molecule has 1 aromatic rings. The van der Waals surface area contributed by atoms with E-state index in [4.69, 9.17) is 0 Å². The molecule has 0 saturated carbocycles. The molecule has 1 rings (SSSR count). The first-order chi connectivity index (χ1) is 13.8. The van der Waals surface area contributed by atoms with Crippen molar-refractivity contribution in [2.24, 2.45) is 4.99 Å². The molecular formula is C26H44NSe. The predicted molar refractivity (Wildman–Crippen MR) is 128 cm³/mol. The summed E-state index contributed by atoms with van der Waals surface area (Å²) >= 11 is 3.13. The van der Waals surface area contributed by atoms with Gasteiger partial charge in [0.2, 0.25) is 0 Å². The maximum atomic E-state index is 4.68. The van der Waals surface area contributed by atoms with Crippen molar-refractivity contribution in [3.63, 3.8) is 0 Å². The van der Waals surface area contributed by atoms with E-state index in [0.717, 1.165) is 17.6 Å². The van der Waals surface area contributed by atoms with Crippen LogP contribution in [0.15, 0.2) is 35.3 Å². The number of hydrogen-bond donors (Lipinski definition) is 0. The quantitative estimate of drug-likeness (QED) is 0.115. The molecule has 1 aromatic carbocycles. The van der Waals surface area contributed by atoms with Crippen LogP contribution < -0.4 is 0 Å². The molecule has 1 radical (unpaired) electrons. The van der Waals surface area contributed by atoms with Crippen LogP contribution in [0.5, 0.6) is 0 Å². The van der Waals surface area contributed by atoms with Gasteiger partial charge in [-0.15, -0.1) is 0 Å². The molecule has 0 aliphatic rings. The van der Waals surface area contributed by atoms with Gasteiger partial charge in [-0.2, -0.15) is 0 Å². The summed E-state index contributed by atoms with van der Waals surface area (Å²) in [6, 6.07) is 10.6. The number of aliphatic imine (C=N–C) groups is 1. The van der Waals surface area contributed by atoms with Crippen molar-refractivity contribution < 1.29 is 0 Å². The van der Waals surface area contributed by atoms with E-state index in [1.54, 1.807) is 0 Å². The molecule has 159 valence electrons. The van der Waals surface area contributed by atoms with Gasteiger partial charge in [-0.3, -0.25) is 0 Å². The summed E-state index contributed by atoms with van der Waals surface area (Å²) in [6.45, 7) is 3.27. The van der Waals surface area contributed by atoms with Gasteiger partial charge in [0.05, 0.1) is 0 Å². The molecule has 0 unspecified atom stereocenters. The summed E-state index contributed by atoms with van der Waals surface area (Å²) < 4.78 is 1.15. The summed E-state index contributed by atoms with van der Waals surface area (Å²) in [7, 11) is 0. The van der Waals surface area contributed by atoms with E-state index < -0.39 is 0 Å². The second kappa shape index (κ2) is 19.7. The first-order valence-electron chi connectivity index (χ1n) is 12.1. The molecule has 28 heavy (non-hydrogen) atoms. The third-order valence-electron chi connectivity index (χ3n) is 5.50. The summed E-state index contributed by atoms with van der Waals surface area (Å²) in [6.07, 6.45) is 23.7. The molecule has 0 aromatic heterocycles. The predicted octanol–water partition coefficient (Wildman–Crippen LogP) is 8.06. The fourth-order valence-electron chi connectivity index (χ4n) is 3.69. The van der Waals surface area contributed by atoms with E-state index in [0.29, 0.717) is 0 Å². The first-order valence-corrected chi connectivity index (χ1v) is 12.9. The minimum atomic E-state index is 0.944. The van der Waals surface area contributed by atoms with Crippen LogP contribution in [-0.2, 0) is 6.42 Å². The van der Waals surface area contributed by atoms with Gasteiger partial charge >= 0.3 is 132 Å². The summed E-state index contributed by atoms with van der Waals surface area (Å²) in [5.41, 5.74) is 1.34. The number of rotatable bonds is 19. The van der Waals surface area contributed by atoms with Crippen LogP contribution in [0.2, 0.25) is 0 Å². The van der Waals surface area contributed by atoms with Gasteiger partial charge in [0, 0.05) is 0 Å². The first kappa shape index (κ1) is 25.4. The zero-order valence-corrected chi connectivity index (χ0v) is 20.2. The van der Waals surface area contributed by atoms with Crippen LogP contribution in [0.4, 0.5) is 0 Å². The van der Waals surface area contributed by atoms with Crippen molar-refractivity contribution in [2.45, 2.75) is 116 Å². The average molecular weight is 450 g/mol. The topological polar surface area (TPSA) is 12.4 Å². The molecule has 0 amide bonds. The van der Waals surface area contributed by atoms with E-state index in [1.807, 2.05) is 0 Å². The molecular weight excluding hydrogens is 405 g/mol. The Labute approximate surface area is 184 Å². The van der Waals surface area contributed by atoms with Gasteiger partial charge in [0.1, 0.15) is 0 Å². The fraction of sp³-hybridized carbons (Fsp3) is 0.731. The molecule has 2 heteroatoms. The van der Waals surface area contributed by atoms with Crippen molar-refractivity contribution in [1.82, 2.24) is 0 Å². The standard InChI is InChI=1S/C26H44NSe/c1-2-3-4-5-6-7-8-9-10-11-12-13-14-15-16-20-23-27-26(28)24-25-21-18-17-19-22-25/h17-19,21-22H,2-16,20,23-24H2,1H3. The zero-order valence-electron chi connectivity index (χ0n) is 18.5. The second-order valence-corrected chi connectivity index (χ2v) is 9.23. The van der Waals surface area contributed by atoms with E-state index in [9.17, 15) is 0 Å². The Kier molecular flexibility index (Phi) is 17.9. The third kappa shape index (κ3) is 16.4. The Morgan fingerprint density at radius 1 is 0.643 bits per heavy atom. The fourth-order valence-corrected chi connectivity index (χ4v) is 4.23. The SMILES string of the molecule is CCCCCCCCCCCCCCCCCCN=C([Se])Cc1ccccc1. The van der Waals surface area contributed by atoms with Gasteiger partial charge in [-0.05, 0) is 0 Å². The number of unbranched alkanes of at least 4 members (excludes halogenated alkanes) is 15. The Morgan fingerprint density at radius 2 is 1.07 bits per heavy atom. The van der Waals surface area contributed by atoms with Crippen LogP contribution in [0.25, 0.3) is 0 Å². The Morgan fingerprint density at radius 3 is 1.54 bits per heavy atom. The normalized spacial score (nSPS) is 11.8. The number of hydrogen-bond acceptors (Lipinski definition) is 1. The molecule has 0 spiro atoms. The van der Waals surface area contributed by atoms with Crippen LogP contribution in [0.1, 0.15) is 115 Å². The van der Waals surface area contributed by atoms with E-state index in [-0.39, 0.29) is 0 Å². The average Bonchev–Trinajstić information content (AvgIpc) is 2.71. The molecule has 1 nitrogen and oxygen atoms in total. The maximum absolute atomic E-state index is 4.68. The van der Waals surface area contributed by atoms with Crippen molar-refractivity contribution in [3.05, 3.63) is 35.9 Å². The van der Waals surface area contributed by atoms with E-state index in [1.165, 1.54) is 108 Å². The van der Waals surface area contributed by atoms with Crippen LogP contribution in [-0.4, -0.2) is 27.2 Å². The van der Waals surface area contributed by atoms with Crippen molar-refractivity contribution in [3.8, 4) is 0 Å². The molecule has 0 fully saturated rings. The summed E-state index contributed by atoms with van der Waals surface area (Å²) in [5.74, 6) is 0. The Balaban J connectivity index is 1.79. The molecule has 0 atom stereocenters. The monoisotopic (exact) mass is 450 g/mol. The number of benzene rings is 1. The molecule has 0 heterocycles. The van der Waals surface area contributed by atoms with Gasteiger partial charge in [0.15, 0.2) is 0 Å². The van der Waals surface area contributed by atoms with Crippen LogP contribution >= 0.6 is 0 Å². The van der Waals surface area contributed by atoms with Gasteiger partial charge < -0.3 is 0 Å². The van der Waals surface area contributed by atoms with Crippen molar-refractivity contribution in [2.75, 3.05) is 6.54 Å². The van der Waals surface area contributed by atoms with Crippen molar-refractivity contribution >= 4 is 20.6 Å².